The van der Waals surface area contributed by atoms with Crippen molar-refractivity contribution in [1.82, 2.24) is 0 Å². The molecule has 26 heavy (non-hydrogen) atoms. The van der Waals surface area contributed by atoms with Gasteiger partial charge in [0, 0.05) is 17.6 Å². The number of benzene rings is 1. The molecule has 1 aromatic rings. The van der Waals surface area contributed by atoms with Crippen LogP contribution in [0.4, 0.5) is 18.9 Å². The van der Waals surface area contributed by atoms with Crippen molar-refractivity contribution >= 4 is 17.4 Å². The van der Waals surface area contributed by atoms with Gasteiger partial charge in [0.1, 0.15) is 0 Å². The quantitative estimate of drug-likeness (QED) is 0.705. The van der Waals surface area contributed by atoms with E-state index in [4.69, 9.17) is 0 Å². The molecule has 1 aliphatic heterocycles. The molecule has 0 N–H and O–H groups in total. The van der Waals surface area contributed by atoms with E-state index < -0.39 is 17.7 Å². The van der Waals surface area contributed by atoms with Gasteiger partial charge in [-0.3, -0.25) is 4.99 Å². The molecule has 0 aliphatic carbocycles. The summed E-state index contributed by atoms with van der Waals surface area (Å²) < 4.78 is 44.8. The van der Waals surface area contributed by atoms with Crippen LogP contribution in [0.2, 0.25) is 0 Å². The van der Waals surface area contributed by atoms with E-state index in [-0.39, 0.29) is 11.0 Å². The van der Waals surface area contributed by atoms with Gasteiger partial charge in [0.25, 0.3) is 0 Å². The van der Waals surface area contributed by atoms with Crippen molar-refractivity contribution in [3.63, 3.8) is 0 Å². The second-order valence-electron chi connectivity index (χ2n) is 7.14. The number of carbonyl (C=O) groups excluding carboxylic acids is 1. The lowest BCUT2D eigenvalue weighted by Crippen LogP contribution is -2.37. The molecule has 0 radical (unpaired) electrons. The lowest BCUT2D eigenvalue weighted by Gasteiger charge is -2.36. The van der Waals surface area contributed by atoms with E-state index in [1.165, 1.54) is 0 Å². The van der Waals surface area contributed by atoms with Gasteiger partial charge in [0.05, 0.1) is 35.8 Å². The number of methoxy groups -OCH3 is 1. The van der Waals surface area contributed by atoms with Crippen LogP contribution in [0.15, 0.2) is 29.0 Å². The van der Waals surface area contributed by atoms with Crippen molar-refractivity contribution in [2.45, 2.75) is 40.8 Å². The molecule has 2 rings (SSSR count). The van der Waals surface area contributed by atoms with Crippen LogP contribution in [-0.2, 0) is 10.9 Å². The summed E-state index contributed by atoms with van der Waals surface area (Å²) in [4.78, 5) is 18.1. The number of carbonyl (C=O) groups is 1. The number of anilines is 1. The maximum absolute atomic E-state index is 13.4. The van der Waals surface area contributed by atoms with Gasteiger partial charge in [-0.05, 0) is 31.5 Å². The molecule has 0 saturated heterocycles. The van der Waals surface area contributed by atoms with Crippen molar-refractivity contribution in [1.29, 1.82) is 0 Å². The number of hydrogen-bond acceptors (Lipinski definition) is 4. The summed E-state index contributed by atoms with van der Waals surface area (Å²) in [6, 6.07) is 1.91. The number of allylic oxidation sites excluding steroid dienone is 1. The van der Waals surface area contributed by atoms with Gasteiger partial charge in [0.15, 0.2) is 0 Å². The molecule has 0 atom stereocenters. The normalized spacial score (nSPS) is 14.3. The fourth-order valence-corrected chi connectivity index (χ4v) is 2.90. The number of hydrogen-bond donors (Lipinski definition) is 0. The number of rotatable bonds is 4. The average Bonchev–Trinajstić information content (AvgIpc) is 2.48. The smallest absolute Gasteiger partial charge is 0.416 e. The zero-order chi connectivity index (χ0) is 19.9. The topological polar surface area (TPSA) is 41.9 Å². The summed E-state index contributed by atoms with van der Waals surface area (Å²) in [5.41, 5.74) is 1.13. The average molecular weight is 368 g/mol. The summed E-state index contributed by atoms with van der Waals surface area (Å²) in [6.45, 7) is 9.88. The molecule has 0 fully saturated rings. The van der Waals surface area contributed by atoms with E-state index in [9.17, 15) is 18.0 Å². The first-order valence-electron chi connectivity index (χ1n) is 8.28. The molecule has 0 saturated carbocycles. The predicted octanol–water partition coefficient (Wildman–Crippen LogP) is 4.97. The van der Waals surface area contributed by atoms with E-state index >= 15 is 0 Å². The van der Waals surface area contributed by atoms with E-state index in [2.05, 4.69) is 9.73 Å². The monoisotopic (exact) mass is 368 g/mol. The van der Waals surface area contributed by atoms with Crippen molar-refractivity contribution < 1.29 is 22.7 Å². The summed E-state index contributed by atoms with van der Waals surface area (Å²) >= 11 is 0. The third-order valence-corrected chi connectivity index (χ3v) is 4.28. The van der Waals surface area contributed by atoms with Gasteiger partial charge in [-0.25, -0.2) is 4.79 Å². The largest absolute Gasteiger partial charge is 0.465 e. The Morgan fingerprint density at radius 2 is 1.85 bits per heavy atom. The number of ether oxygens (including phenoxy) is 1. The van der Waals surface area contributed by atoms with Crippen molar-refractivity contribution in [2.75, 3.05) is 18.6 Å². The van der Waals surface area contributed by atoms with Crippen LogP contribution < -0.4 is 4.90 Å². The Morgan fingerprint density at radius 3 is 2.23 bits per heavy atom. The number of halogens is 3. The van der Waals surface area contributed by atoms with Crippen molar-refractivity contribution in [3.05, 3.63) is 40.7 Å². The second-order valence-corrected chi connectivity index (χ2v) is 7.14. The second kappa shape index (κ2) is 6.78. The predicted molar refractivity (Wildman–Crippen MR) is 95.5 cm³/mol. The van der Waals surface area contributed by atoms with Gasteiger partial charge in [0.2, 0.25) is 0 Å². The molecule has 0 spiro atoms. The fourth-order valence-electron chi connectivity index (χ4n) is 2.90. The zero-order valence-corrected chi connectivity index (χ0v) is 15.8. The highest BCUT2D eigenvalue weighted by atomic mass is 19.4. The Morgan fingerprint density at radius 1 is 1.23 bits per heavy atom. The molecule has 4 nitrogen and oxygen atoms in total. The standard InChI is InChI=1S/C19H23F3N2O2/c1-7-24(15-10-23-16(15)18(3,4)5)14-9-12(19(20,21)22)8-13(11(14)2)17(25)26-6/h8-10H,7H2,1-6H3. The Balaban J connectivity index is 2.61. The van der Waals surface area contributed by atoms with Crippen molar-refractivity contribution in [3.8, 4) is 0 Å². The van der Waals surface area contributed by atoms with Crippen LogP contribution in [0.3, 0.4) is 0 Å². The van der Waals surface area contributed by atoms with E-state index in [1.54, 1.807) is 18.0 Å². The van der Waals surface area contributed by atoms with Gasteiger partial charge in [-0.1, -0.05) is 20.8 Å². The maximum Gasteiger partial charge on any atom is 0.416 e. The number of aliphatic imine (C=N–C) groups is 1. The molecule has 0 unspecified atom stereocenters. The molecule has 7 heteroatoms. The summed E-state index contributed by atoms with van der Waals surface area (Å²) in [7, 11) is 1.15. The molecule has 0 aromatic heterocycles. The third kappa shape index (κ3) is 3.61. The van der Waals surface area contributed by atoms with Gasteiger partial charge in [-0.15, -0.1) is 0 Å². The van der Waals surface area contributed by atoms with E-state index in [0.717, 1.165) is 30.7 Å². The van der Waals surface area contributed by atoms with Crippen LogP contribution in [0.1, 0.15) is 49.2 Å². The first kappa shape index (κ1) is 20.0. The van der Waals surface area contributed by atoms with Crippen LogP contribution in [0.25, 0.3) is 0 Å². The first-order chi connectivity index (χ1) is 11.9. The molecule has 1 aromatic carbocycles. The Labute approximate surface area is 151 Å². The molecular weight excluding hydrogens is 345 g/mol. The van der Waals surface area contributed by atoms with Crippen LogP contribution >= 0.6 is 0 Å². The molecular formula is C19H23F3N2O2. The Hall–Kier alpha value is -2.31. The minimum atomic E-state index is -4.57. The molecule has 1 heterocycles. The number of alkyl halides is 3. The minimum absolute atomic E-state index is 0.0926. The van der Waals surface area contributed by atoms with Crippen LogP contribution in [0.5, 0.6) is 0 Å². The molecule has 0 bridgehead atoms. The highest BCUT2D eigenvalue weighted by molar-refractivity contribution is 6.10. The lowest BCUT2D eigenvalue weighted by molar-refractivity contribution is -0.137. The van der Waals surface area contributed by atoms with Gasteiger partial charge < -0.3 is 9.64 Å². The highest BCUT2D eigenvalue weighted by Gasteiger charge is 2.36. The summed E-state index contributed by atoms with van der Waals surface area (Å²) in [5, 5.41) is 0. The summed E-state index contributed by atoms with van der Waals surface area (Å²) in [5.74, 6) is -0.793. The van der Waals surface area contributed by atoms with Crippen LogP contribution in [0, 0.1) is 12.3 Å². The molecule has 0 amide bonds. The number of esters is 1. The first-order valence-corrected chi connectivity index (χ1v) is 8.28. The van der Waals surface area contributed by atoms with Gasteiger partial charge in [-0.2, -0.15) is 13.2 Å². The molecule has 1 aliphatic rings. The zero-order valence-electron chi connectivity index (χ0n) is 15.8. The van der Waals surface area contributed by atoms with Crippen LogP contribution in [-0.4, -0.2) is 25.3 Å². The van der Waals surface area contributed by atoms with Gasteiger partial charge >= 0.3 is 12.1 Å². The minimum Gasteiger partial charge on any atom is -0.465 e. The third-order valence-electron chi connectivity index (χ3n) is 4.28. The van der Waals surface area contributed by atoms with E-state index in [1.807, 2.05) is 27.7 Å². The number of nitrogens with zero attached hydrogens (tertiary/aromatic N) is 2. The van der Waals surface area contributed by atoms with Crippen molar-refractivity contribution in [2.24, 2.45) is 10.4 Å². The Bertz CT molecular complexity index is 787. The maximum atomic E-state index is 13.4. The summed E-state index contributed by atoms with van der Waals surface area (Å²) in [6.07, 6.45) is -2.93. The fraction of sp³-hybridized carbons (Fsp3) is 0.474. The lowest BCUT2D eigenvalue weighted by atomic mass is 9.85. The highest BCUT2D eigenvalue weighted by Crippen LogP contribution is 2.39. The Kier molecular flexibility index (Phi) is 5.21. The van der Waals surface area contributed by atoms with E-state index in [0.29, 0.717) is 17.8 Å². The molecule has 142 valence electrons. The SMILES string of the molecule is CCN(C1=CN=C1C(C)(C)C)c1cc(C(F)(F)F)cc(C(=O)OC)c1C.